The Bertz CT molecular complexity index is 1310. The van der Waals surface area contributed by atoms with E-state index in [2.05, 4.69) is 5.32 Å². The third kappa shape index (κ3) is 3.56. The van der Waals surface area contributed by atoms with Gasteiger partial charge in [-0.3, -0.25) is 9.10 Å². The van der Waals surface area contributed by atoms with Crippen LogP contribution in [0.15, 0.2) is 71.6 Å². The van der Waals surface area contributed by atoms with E-state index in [1.807, 2.05) is 43.3 Å². The van der Waals surface area contributed by atoms with E-state index in [9.17, 15) is 13.2 Å². The molecule has 0 bridgehead atoms. The summed E-state index contributed by atoms with van der Waals surface area (Å²) in [7, 11) is -3.81. The van der Waals surface area contributed by atoms with Gasteiger partial charge in [0.25, 0.3) is 15.9 Å². The van der Waals surface area contributed by atoms with Crippen LogP contribution in [-0.2, 0) is 23.0 Å². The average molecular weight is 451 g/mol. The lowest BCUT2D eigenvalue weighted by atomic mass is 10.1. The maximum Gasteiger partial charge on any atom is 0.264 e. The van der Waals surface area contributed by atoms with Crippen molar-refractivity contribution in [2.24, 2.45) is 0 Å². The summed E-state index contributed by atoms with van der Waals surface area (Å²) in [5, 5.41) is 2.84. The summed E-state index contributed by atoms with van der Waals surface area (Å²) in [4.78, 5) is 12.8. The van der Waals surface area contributed by atoms with Gasteiger partial charge < -0.3 is 14.8 Å². The van der Waals surface area contributed by atoms with Crippen LogP contribution in [0.25, 0.3) is 0 Å². The Hall–Kier alpha value is -3.52. The molecule has 0 aromatic heterocycles. The van der Waals surface area contributed by atoms with E-state index in [4.69, 9.17) is 9.47 Å². The lowest BCUT2D eigenvalue weighted by Gasteiger charge is -2.24. The van der Waals surface area contributed by atoms with Gasteiger partial charge in [-0.25, -0.2) is 8.42 Å². The molecule has 5 rings (SSSR count). The standard InChI is InChI=1S/C24H22N2O5S/c1-16-11-18-5-2-3-8-21(18)26(16)32(28,29)20-7-4-6-19(13-20)24(27)25-14-17-9-10-22-23(12-17)31-15-30-22/h2-10,12-13,16H,11,14-15H2,1H3,(H,25,27). The maximum absolute atomic E-state index is 13.4. The molecule has 0 fully saturated rings. The molecule has 164 valence electrons. The Morgan fingerprint density at radius 1 is 1.03 bits per heavy atom. The zero-order valence-electron chi connectivity index (χ0n) is 17.4. The summed E-state index contributed by atoms with van der Waals surface area (Å²) < 4.78 is 39.0. The smallest absolute Gasteiger partial charge is 0.264 e. The van der Waals surface area contributed by atoms with Gasteiger partial charge >= 0.3 is 0 Å². The normalized spacial score (nSPS) is 16.7. The second kappa shape index (κ2) is 7.87. The molecule has 1 N–H and O–H groups in total. The van der Waals surface area contributed by atoms with Crippen LogP contribution in [0.4, 0.5) is 5.69 Å². The second-order valence-corrected chi connectivity index (χ2v) is 9.70. The lowest BCUT2D eigenvalue weighted by molar-refractivity contribution is 0.0950. The number of benzene rings is 3. The van der Waals surface area contributed by atoms with Gasteiger partial charge in [-0.05, 0) is 60.9 Å². The van der Waals surface area contributed by atoms with Crippen LogP contribution in [0.1, 0.15) is 28.4 Å². The Balaban J connectivity index is 1.35. The molecule has 1 unspecified atom stereocenters. The molecule has 0 radical (unpaired) electrons. The monoisotopic (exact) mass is 450 g/mol. The van der Waals surface area contributed by atoms with E-state index >= 15 is 0 Å². The first-order valence-electron chi connectivity index (χ1n) is 10.3. The minimum atomic E-state index is -3.81. The Morgan fingerprint density at radius 3 is 2.72 bits per heavy atom. The van der Waals surface area contributed by atoms with Crippen LogP contribution in [0.3, 0.4) is 0 Å². The largest absolute Gasteiger partial charge is 0.454 e. The van der Waals surface area contributed by atoms with E-state index in [1.165, 1.54) is 16.4 Å². The van der Waals surface area contributed by atoms with Crippen molar-refractivity contribution < 1.29 is 22.7 Å². The number of amides is 1. The van der Waals surface area contributed by atoms with Gasteiger partial charge in [-0.2, -0.15) is 0 Å². The van der Waals surface area contributed by atoms with Gasteiger partial charge in [-0.1, -0.05) is 30.3 Å². The first-order chi connectivity index (χ1) is 15.4. The molecule has 1 amide bonds. The van der Waals surface area contributed by atoms with Crippen molar-refractivity contribution in [3.63, 3.8) is 0 Å². The van der Waals surface area contributed by atoms with Crippen LogP contribution in [0, 0.1) is 0 Å². The van der Waals surface area contributed by atoms with Crippen molar-refractivity contribution in [3.8, 4) is 11.5 Å². The number of anilines is 1. The molecule has 7 nitrogen and oxygen atoms in total. The fraction of sp³-hybridized carbons (Fsp3) is 0.208. The van der Waals surface area contributed by atoms with Crippen LogP contribution < -0.4 is 19.1 Å². The number of ether oxygens (including phenoxy) is 2. The molecule has 0 saturated heterocycles. The highest BCUT2D eigenvalue weighted by Crippen LogP contribution is 2.36. The molecule has 0 saturated carbocycles. The first kappa shape index (κ1) is 20.4. The molecular weight excluding hydrogens is 428 g/mol. The number of rotatable bonds is 5. The topological polar surface area (TPSA) is 84.9 Å². The third-order valence-corrected chi connectivity index (χ3v) is 7.61. The zero-order valence-corrected chi connectivity index (χ0v) is 18.3. The molecule has 1 atom stereocenters. The highest BCUT2D eigenvalue weighted by Gasteiger charge is 2.36. The molecule has 3 aromatic rings. The number of nitrogens with zero attached hydrogens (tertiary/aromatic N) is 1. The molecule has 8 heteroatoms. The van der Waals surface area contributed by atoms with Crippen molar-refractivity contribution in [2.45, 2.75) is 30.8 Å². The molecule has 0 aliphatic carbocycles. The van der Waals surface area contributed by atoms with Crippen LogP contribution >= 0.6 is 0 Å². The van der Waals surface area contributed by atoms with Gasteiger partial charge in [0.1, 0.15) is 0 Å². The summed E-state index contributed by atoms with van der Waals surface area (Å²) in [6.07, 6.45) is 0.658. The first-order valence-corrected chi connectivity index (χ1v) is 11.8. The third-order valence-electron chi connectivity index (χ3n) is 5.69. The van der Waals surface area contributed by atoms with Gasteiger partial charge in [0.2, 0.25) is 6.79 Å². The molecule has 2 heterocycles. The van der Waals surface area contributed by atoms with Crippen molar-refractivity contribution in [1.82, 2.24) is 5.32 Å². The number of nitrogens with one attached hydrogen (secondary N) is 1. The Morgan fingerprint density at radius 2 is 1.84 bits per heavy atom. The molecule has 2 aliphatic heterocycles. The van der Waals surface area contributed by atoms with E-state index < -0.39 is 10.0 Å². The predicted octanol–water partition coefficient (Wildman–Crippen LogP) is 3.49. The summed E-state index contributed by atoms with van der Waals surface area (Å²) in [6.45, 7) is 2.36. The fourth-order valence-electron chi connectivity index (χ4n) is 4.15. The summed E-state index contributed by atoms with van der Waals surface area (Å²) >= 11 is 0. The molecule has 3 aromatic carbocycles. The highest BCUT2D eigenvalue weighted by molar-refractivity contribution is 7.92. The number of carbonyl (C=O) groups excluding carboxylic acids is 1. The van der Waals surface area contributed by atoms with Crippen LogP contribution in [0.2, 0.25) is 0 Å². The van der Waals surface area contributed by atoms with E-state index in [0.29, 0.717) is 23.6 Å². The van der Waals surface area contributed by atoms with Crippen molar-refractivity contribution in [2.75, 3.05) is 11.1 Å². The number of para-hydroxylation sites is 1. The number of hydrogen-bond donors (Lipinski definition) is 1. The second-order valence-electron chi connectivity index (χ2n) is 7.88. The number of fused-ring (bicyclic) bond motifs is 2. The van der Waals surface area contributed by atoms with Gasteiger partial charge in [-0.15, -0.1) is 0 Å². The SMILES string of the molecule is CC1Cc2ccccc2N1S(=O)(=O)c1cccc(C(=O)NCc2ccc3c(c2)OCO3)c1. The lowest BCUT2D eigenvalue weighted by Crippen LogP contribution is -2.35. The minimum Gasteiger partial charge on any atom is -0.454 e. The fourth-order valence-corrected chi connectivity index (χ4v) is 5.89. The van der Waals surface area contributed by atoms with Crippen molar-refractivity contribution in [3.05, 3.63) is 83.4 Å². The molecular formula is C24H22N2O5S. The summed E-state index contributed by atoms with van der Waals surface area (Å²) in [5.41, 5.74) is 2.83. The van der Waals surface area contributed by atoms with E-state index in [-0.39, 0.29) is 35.7 Å². The van der Waals surface area contributed by atoms with Gasteiger partial charge in [0.15, 0.2) is 11.5 Å². The van der Waals surface area contributed by atoms with Crippen LogP contribution in [-0.4, -0.2) is 27.2 Å². The molecule has 32 heavy (non-hydrogen) atoms. The van der Waals surface area contributed by atoms with E-state index in [0.717, 1.165) is 11.1 Å². The van der Waals surface area contributed by atoms with Gasteiger partial charge in [0, 0.05) is 18.2 Å². The van der Waals surface area contributed by atoms with Crippen LogP contribution in [0.5, 0.6) is 11.5 Å². The summed E-state index contributed by atoms with van der Waals surface area (Å²) in [6, 6.07) is 18.9. The van der Waals surface area contributed by atoms with Crippen molar-refractivity contribution in [1.29, 1.82) is 0 Å². The van der Waals surface area contributed by atoms with Gasteiger partial charge in [0.05, 0.1) is 10.6 Å². The Kier molecular flexibility index (Phi) is 5.01. The average Bonchev–Trinajstić information content (AvgIpc) is 3.40. The number of hydrogen-bond acceptors (Lipinski definition) is 5. The summed E-state index contributed by atoms with van der Waals surface area (Å²) in [5.74, 6) is 0.968. The maximum atomic E-state index is 13.4. The predicted molar refractivity (Wildman–Crippen MR) is 119 cm³/mol. The Labute approximate surface area is 186 Å². The zero-order chi connectivity index (χ0) is 22.3. The number of sulfonamides is 1. The highest BCUT2D eigenvalue weighted by atomic mass is 32.2. The molecule has 0 spiro atoms. The van der Waals surface area contributed by atoms with Crippen molar-refractivity contribution >= 4 is 21.6 Å². The quantitative estimate of drug-likeness (QED) is 0.643. The van der Waals surface area contributed by atoms with E-state index in [1.54, 1.807) is 18.2 Å². The number of carbonyl (C=O) groups is 1. The minimum absolute atomic E-state index is 0.0942. The molecule has 2 aliphatic rings.